The van der Waals surface area contributed by atoms with Crippen molar-refractivity contribution in [1.29, 1.82) is 0 Å². The average Bonchev–Trinajstić information content (AvgIpc) is 2.74. The third-order valence-corrected chi connectivity index (χ3v) is 3.15. The number of rotatable bonds is 4. The van der Waals surface area contributed by atoms with Gasteiger partial charge >= 0.3 is 5.88 Å². The summed E-state index contributed by atoms with van der Waals surface area (Å²) in [6, 6.07) is 1.56. The van der Waals surface area contributed by atoms with E-state index < -0.39 is 11.2 Å². The van der Waals surface area contributed by atoms with Crippen LogP contribution in [0.2, 0.25) is 0 Å². The Morgan fingerprint density at radius 1 is 1.25 bits per heavy atom. The van der Waals surface area contributed by atoms with Crippen LogP contribution in [0.1, 0.15) is 43.9 Å². The highest BCUT2D eigenvalue weighted by molar-refractivity contribution is 5.22. The Kier molecular flexibility index (Phi) is 3.83. The molecule has 2 rings (SSSR count). The van der Waals surface area contributed by atoms with Gasteiger partial charge < -0.3 is 14.6 Å². The van der Waals surface area contributed by atoms with Crippen LogP contribution in [0.25, 0.3) is 0 Å². The molecule has 0 aliphatic rings. The van der Waals surface area contributed by atoms with Gasteiger partial charge in [-0.25, -0.2) is 4.52 Å². The van der Waals surface area contributed by atoms with Crippen LogP contribution in [0.5, 0.6) is 11.6 Å². The Hall–Kier alpha value is -2.24. The molecule has 0 saturated carbocycles. The molecule has 0 aromatic carbocycles. The largest absolute Gasteiger partial charge is 0.502 e. The van der Waals surface area contributed by atoms with Crippen molar-refractivity contribution < 1.29 is 23.9 Å². The Morgan fingerprint density at radius 3 is 2.55 bits per heavy atom. The molecule has 108 valence electrons. The summed E-state index contributed by atoms with van der Waals surface area (Å²) in [5, 5.41) is 19.2. The van der Waals surface area contributed by atoms with Crippen LogP contribution in [0.3, 0.4) is 0 Å². The second-order valence-corrected chi connectivity index (χ2v) is 5.15. The minimum Gasteiger partial charge on any atom is -0.502 e. The van der Waals surface area contributed by atoms with Gasteiger partial charge in [0, 0.05) is 16.2 Å². The number of hydrogen-bond donors (Lipinski definition) is 2. The Labute approximate surface area is 115 Å². The van der Waals surface area contributed by atoms with E-state index in [9.17, 15) is 15.0 Å². The number of nitrogens with zero attached hydrogens (tertiary/aromatic N) is 1. The van der Waals surface area contributed by atoms with Crippen LogP contribution in [0, 0.1) is 0 Å². The molecule has 0 radical (unpaired) electrons. The molecule has 2 N–H and O–H groups in total. The smallest absolute Gasteiger partial charge is 0.412 e. The van der Waals surface area contributed by atoms with Crippen LogP contribution >= 0.6 is 0 Å². The van der Waals surface area contributed by atoms with Crippen LogP contribution in [-0.2, 0) is 6.54 Å². The maximum absolute atomic E-state index is 11.8. The highest BCUT2D eigenvalue weighted by atomic mass is 16.5. The minimum atomic E-state index is -0.473. The van der Waals surface area contributed by atoms with E-state index in [0.717, 1.165) is 6.26 Å². The van der Waals surface area contributed by atoms with Gasteiger partial charge in [0.1, 0.15) is 12.3 Å². The summed E-state index contributed by atoms with van der Waals surface area (Å²) in [5.41, 5.74) is -0.140. The monoisotopic (exact) mass is 280 g/mol. The molecule has 0 aliphatic carbocycles. The first-order chi connectivity index (χ1) is 9.40. The Morgan fingerprint density at radius 2 is 1.95 bits per heavy atom. The second kappa shape index (κ2) is 5.40. The lowest BCUT2D eigenvalue weighted by Gasteiger charge is -2.04. The maximum atomic E-state index is 11.8. The molecule has 0 spiro atoms. The molecule has 2 aromatic rings. The summed E-state index contributed by atoms with van der Waals surface area (Å²) in [6.07, 6.45) is 2.30. The quantitative estimate of drug-likeness (QED) is 0.835. The first-order valence-corrected chi connectivity index (χ1v) is 6.42. The first kappa shape index (κ1) is 14.2. The SMILES string of the molecule is CC(C)c1cc(O)[n+](CC(C)c2cocc(O)c2=O)o1. The molecule has 0 amide bonds. The topological polar surface area (TPSA) is 87.7 Å². The summed E-state index contributed by atoms with van der Waals surface area (Å²) in [4.78, 5) is 11.8. The van der Waals surface area contributed by atoms with E-state index in [1.807, 2.05) is 13.8 Å². The summed E-state index contributed by atoms with van der Waals surface area (Å²) in [6.45, 7) is 5.97. The lowest BCUT2D eigenvalue weighted by atomic mass is 10.0. The number of hydrogen-bond acceptors (Lipinski definition) is 5. The predicted octanol–water partition coefficient (Wildman–Crippen LogP) is 1.86. The normalized spacial score (nSPS) is 12.8. The molecule has 20 heavy (non-hydrogen) atoms. The van der Waals surface area contributed by atoms with Gasteiger partial charge in [-0.15, -0.1) is 0 Å². The molecule has 6 nitrogen and oxygen atoms in total. The predicted molar refractivity (Wildman–Crippen MR) is 69.7 cm³/mol. The summed E-state index contributed by atoms with van der Waals surface area (Å²) in [5.74, 6) is 0.123. The fraction of sp³-hybridized carbons (Fsp3) is 0.429. The zero-order valence-electron chi connectivity index (χ0n) is 11.7. The van der Waals surface area contributed by atoms with Gasteiger partial charge in [0.25, 0.3) is 0 Å². The van der Waals surface area contributed by atoms with Crippen LogP contribution in [0.15, 0.2) is 32.3 Å². The van der Waals surface area contributed by atoms with Crippen LogP contribution < -0.4 is 10.2 Å². The van der Waals surface area contributed by atoms with Crippen molar-refractivity contribution in [2.45, 2.75) is 39.2 Å². The molecule has 0 aliphatic heterocycles. The van der Waals surface area contributed by atoms with E-state index in [4.69, 9.17) is 8.94 Å². The van der Waals surface area contributed by atoms with E-state index in [1.165, 1.54) is 11.0 Å². The summed E-state index contributed by atoms with van der Waals surface area (Å²) in [7, 11) is 0. The lowest BCUT2D eigenvalue weighted by molar-refractivity contribution is -0.868. The molecule has 2 aromatic heterocycles. The molecular weight excluding hydrogens is 262 g/mol. The standard InChI is InChI=1S/C14H17NO5/c1-8(2)12-4-13(17)15(20-12)5-9(3)10-6-19-7-11(16)14(10)18/h4,6-9,16H,5H2,1-3H3/p+1. The van der Waals surface area contributed by atoms with E-state index in [-0.39, 0.29) is 24.3 Å². The molecule has 0 bridgehead atoms. The van der Waals surface area contributed by atoms with Gasteiger partial charge in [-0.1, -0.05) is 20.8 Å². The van der Waals surface area contributed by atoms with E-state index in [0.29, 0.717) is 11.3 Å². The zero-order valence-corrected chi connectivity index (χ0v) is 11.7. The second-order valence-electron chi connectivity index (χ2n) is 5.15. The maximum Gasteiger partial charge on any atom is 0.412 e. The van der Waals surface area contributed by atoms with Gasteiger partial charge in [-0.05, 0) is 0 Å². The van der Waals surface area contributed by atoms with Crippen molar-refractivity contribution >= 4 is 0 Å². The van der Waals surface area contributed by atoms with Crippen molar-refractivity contribution in [3.05, 3.63) is 40.1 Å². The lowest BCUT2D eigenvalue weighted by Crippen LogP contribution is -2.35. The van der Waals surface area contributed by atoms with Crippen molar-refractivity contribution in [3.63, 3.8) is 0 Å². The van der Waals surface area contributed by atoms with Crippen molar-refractivity contribution in [2.75, 3.05) is 0 Å². The van der Waals surface area contributed by atoms with Gasteiger partial charge in [0.05, 0.1) is 12.2 Å². The van der Waals surface area contributed by atoms with E-state index in [1.54, 1.807) is 13.0 Å². The highest BCUT2D eigenvalue weighted by Crippen LogP contribution is 2.20. The van der Waals surface area contributed by atoms with Gasteiger partial charge in [-0.2, -0.15) is 0 Å². The number of aromatic hydroxyl groups is 2. The Balaban J connectivity index is 2.26. The first-order valence-electron chi connectivity index (χ1n) is 6.42. The third-order valence-electron chi connectivity index (χ3n) is 3.15. The van der Waals surface area contributed by atoms with Crippen LogP contribution in [-0.4, -0.2) is 10.2 Å². The highest BCUT2D eigenvalue weighted by Gasteiger charge is 2.25. The zero-order chi connectivity index (χ0) is 14.9. The molecule has 0 fully saturated rings. The van der Waals surface area contributed by atoms with Crippen molar-refractivity contribution in [2.24, 2.45) is 0 Å². The third kappa shape index (κ3) is 2.68. The Bertz CT molecular complexity index is 656. The van der Waals surface area contributed by atoms with Gasteiger partial charge in [0.2, 0.25) is 12.0 Å². The molecule has 0 saturated heterocycles. The molecule has 6 heteroatoms. The molecule has 1 unspecified atom stereocenters. The summed E-state index contributed by atoms with van der Waals surface area (Å²) >= 11 is 0. The minimum absolute atomic E-state index is 0.00471. The fourth-order valence-corrected chi connectivity index (χ4v) is 1.92. The molecule has 2 heterocycles. The fourth-order valence-electron chi connectivity index (χ4n) is 1.92. The number of aromatic nitrogens is 1. The van der Waals surface area contributed by atoms with Gasteiger partial charge in [-0.3, -0.25) is 4.79 Å². The average molecular weight is 280 g/mol. The van der Waals surface area contributed by atoms with E-state index in [2.05, 4.69) is 0 Å². The molecular formula is C14H18NO5+. The van der Waals surface area contributed by atoms with Crippen LogP contribution in [0.4, 0.5) is 0 Å². The van der Waals surface area contributed by atoms with Crippen molar-refractivity contribution in [3.8, 4) is 11.6 Å². The van der Waals surface area contributed by atoms with Gasteiger partial charge in [0.15, 0.2) is 11.5 Å². The van der Waals surface area contributed by atoms with E-state index >= 15 is 0 Å². The molecule has 1 atom stereocenters. The summed E-state index contributed by atoms with van der Waals surface area (Å²) < 4.78 is 11.7. The van der Waals surface area contributed by atoms with Crippen molar-refractivity contribution in [1.82, 2.24) is 0 Å².